The second kappa shape index (κ2) is 18.6. The maximum absolute atomic E-state index is 13.9. The van der Waals surface area contributed by atoms with E-state index in [9.17, 15) is 28.5 Å². The minimum atomic E-state index is -2.27. The van der Waals surface area contributed by atoms with E-state index in [1.165, 1.54) is 4.90 Å². The number of amides is 3. The van der Waals surface area contributed by atoms with E-state index < -0.39 is 67.8 Å². The van der Waals surface area contributed by atoms with Crippen molar-refractivity contribution < 1.29 is 47.3 Å². The summed E-state index contributed by atoms with van der Waals surface area (Å²) in [5.41, 5.74) is -1.53. The third-order valence-electron chi connectivity index (χ3n) is 8.13. The molecule has 53 heavy (non-hydrogen) atoms. The van der Waals surface area contributed by atoms with E-state index in [1.54, 1.807) is 41.5 Å². The molecule has 0 spiro atoms. The summed E-state index contributed by atoms with van der Waals surface area (Å²) < 4.78 is 33.2. The van der Waals surface area contributed by atoms with Crippen molar-refractivity contribution in [2.45, 2.75) is 112 Å². The second-order valence-corrected chi connectivity index (χ2v) is 17.5. The first kappa shape index (κ1) is 43.8. The van der Waals surface area contributed by atoms with Crippen LogP contribution in [0.1, 0.15) is 87.1 Å². The van der Waals surface area contributed by atoms with Crippen molar-refractivity contribution in [1.82, 2.24) is 15.5 Å². The molecule has 3 rings (SSSR count). The van der Waals surface area contributed by atoms with Gasteiger partial charge in [0.1, 0.15) is 12.1 Å². The van der Waals surface area contributed by atoms with Gasteiger partial charge in [0.05, 0.1) is 22.3 Å². The standard InChI is InChI=1S/C38H54N3O10PS/c1-35(2,3)33(45)48-24-49-38(51-52-47,50-34(46)36(4,5)6)23-53-22-30(42)41-19-13-12-16-29(41)32(44)39-28(31(43)40-37(7,8)9)21-25-17-18-26-14-10-11-15-27(26)20-25/h10-11,14-15,17-18,20,28-29H,12-13,16,19,21-24H2,1-9H3,(H,39,44)(H,40,43). The highest BCUT2D eigenvalue weighted by Crippen LogP contribution is 2.31. The number of hydrogen-bond donors (Lipinski definition) is 2. The summed E-state index contributed by atoms with van der Waals surface area (Å²) in [6.07, 6.45) is 2.04. The fourth-order valence-corrected chi connectivity index (χ4v) is 6.55. The average molecular weight is 776 g/mol. The Morgan fingerprint density at radius 2 is 1.57 bits per heavy atom. The number of nitrogens with one attached hydrogen (secondary N) is 2. The summed E-state index contributed by atoms with van der Waals surface area (Å²) in [5.74, 6) is -5.29. The van der Waals surface area contributed by atoms with Crippen LogP contribution < -0.4 is 10.6 Å². The smallest absolute Gasteiger partial charge is 0.351 e. The van der Waals surface area contributed by atoms with E-state index >= 15 is 0 Å². The van der Waals surface area contributed by atoms with Crippen LogP contribution in [0.4, 0.5) is 0 Å². The Morgan fingerprint density at radius 3 is 2.19 bits per heavy atom. The number of carbonyl (C=O) groups excluding carboxylic acids is 5. The van der Waals surface area contributed by atoms with Gasteiger partial charge in [-0.05, 0) is 97.9 Å². The lowest BCUT2D eigenvalue weighted by atomic mass is 9.97. The van der Waals surface area contributed by atoms with Gasteiger partial charge in [-0.15, -0.1) is 11.8 Å². The monoisotopic (exact) mass is 775 g/mol. The maximum Gasteiger partial charge on any atom is 0.351 e. The zero-order valence-electron chi connectivity index (χ0n) is 32.2. The molecule has 0 aromatic heterocycles. The molecule has 292 valence electrons. The topological polar surface area (TPSA) is 167 Å². The highest BCUT2D eigenvalue weighted by Gasteiger charge is 2.43. The largest absolute Gasteiger partial charge is 0.438 e. The normalized spacial score (nSPS) is 17.1. The molecule has 3 unspecified atom stereocenters. The Bertz CT molecular complexity index is 1630. The third-order valence-corrected chi connectivity index (χ3v) is 9.49. The summed E-state index contributed by atoms with van der Waals surface area (Å²) >= 11 is 0.962. The van der Waals surface area contributed by atoms with Crippen LogP contribution in [-0.4, -0.2) is 83.0 Å². The molecule has 2 aromatic rings. The molecular formula is C38H54N3O10PS. The molecule has 0 saturated carbocycles. The van der Waals surface area contributed by atoms with Gasteiger partial charge in [0.15, 0.2) is 6.79 Å². The van der Waals surface area contributed by atoms with Gasteiger partial charge < -0.3 is 25.0 Å². The van der Waals surface area contributed by atoms with Crippen LogP contribution in [0.5, 0.6) is 0 Å². The highest BCUT2D eigenvalue weighted by atomic mass is 32.2. The number of fused-ring (bicyclic) bond motifs is 1. The van der Waals surface area contributed by atoms with Gasteiger partial charge >= 0.3 is 26.6 Å². The Balaban J connectivity index is 1.76. The van der Waals surface area contributed by atoms with Crippen molar-refractivity contribution in [3.63, 3.8) is 0 Å². The lowest BCUT2D eigenvalue weighted by Crippen LogP contribution is -2.58. The SMILES string of the molecule is CC(C)(C)NC(=O)C(Cc1ccc2ccccc2c1)NC(=O)C1CCCCN1C(=O)CSCC(OCOC(=O)C(C)(C)C)(OP=O)OC(=O)C(C)(C)C. The summed E-state index contributed by atoms with van der Waals surface area (Å²) in [7, 11) is -0.890. The number of piperidine rings is 1. The Labute approximate surface area is 318 Å². The molecule has 1 saturated heterocycles. The van der Waals surface area contributed by atoms with Crippen molar-refractivity contribution >= 4 is 60.9 Å². The minimum absolute atomic E-state index is 0.187. The predicted molar refractivity (Wildman–Crippen MR) is 203 cm³/mol. The van der Waals surface area contributed by atoms with Crippen molar-refractivity contribution in [1.29, 1.82) is 0 Å². The summed E-state index contributed by atoms with van der Waals surface area (Å²) in [5, 5.41) is 7.99. The number of benzene rings is 2. The molecule has 1 fully saturated rings. The van der Waals surface area contributed by atoms with Crippen molar-refractivity contribution in [2.24, 2.45) is 10.8 Å². The molecule has 0 radical (unpaired) electrons. The fourth-order valence-electron chi connectivity index (χ4n) is 5.30. The van der Waals surface area contributed by atoms with E-state index in [-0.39, 0.29) is 29.7 Å². The van der Waals surface area contributed by atoms with Crippen molar-refractivity contribution in [3.05, 3.63) is 48.0 Å². The summed E-state index contributed by atoms with van der Waals surface area (Å²) in [6, 6.07) is 12.1. The van der Waals surface area contributed by atoms with E-state index in [4.69, 9.17) is 18.7 Å². The number of rotatable bonds is 15. The molecule has 1 heterocycles. The molecule has 3 amide bonds. The zero-order chi connectivity index (χ0) is 39.6. The first-order chi connectivity index (χ1) is 24.6. The van der Waals surface area contributed by atoms with E-state index in [0.29, 0.717) is 25.8 Å². The highest BCUT2D eigenvalue weighted by molar-refractivity contribution is 8.00. The number of nitrogens with zero attached hydrogens (tertiary/aromatic N) is 1. The summed E-state index contributed by atoms with van der Waals surface area (Å²) in [6.45, 7) is 15.0. The van der Waals surface area contributed by atoms with Gasteiger partial charge in [-0.1, -0.05) is 42.5 Å². The number of hydrogen-bond acceptors (Lipinski definition) is 11. The maximum atomic E-state index is 13.9. The molecular weight excluding hydrogens is 721 g/mol. The van der Waals surface area contributed by atoms with Gasteiger partial charge in [-0.25, -0.2) is 9.09 Å². The molecule has 1 aliphatic rings. The van der Waals surface area contributed by atoms with Gasteiger partial charge in [-0.2, -0.15) is 0 Å². The number of carbonyl (C=O) groups is 5. The number of likely N-dealkylation sites (tertiary alicyclic amines) is 1. The predicted octanol–water partition coefficient (Wildman–Crippen LogP) is 5.93. The Hall–Kier alpha value is -3.58. The molecule has 15 heteroatoms. The van der Waals surface area contributed by atoms with Crippen molar-refractivity contribution in [3.8, 4) is 0 Å². The van der Waals surface area contributed by atoms with Crippen LogP contribution in [0.25, 0.3) is 10.8 Å². The zero-order valence-corrected chi connectivity index (χ0v) is 33.9. The van der Waals surface area contributed by atoms with E-state index in [1.807, 2.05) is 63.2 Å². The van der Waals surface area contributed by atoms with Gasteiger partial charge in [0.25, 0.3) is 0 Å². The molecule has 13 nitrogen and oxygen atoms in total. The van der Waals surface area contributed by atoms with Gasteiger partial charge in [0.2, 0.25) is 17.7 Å². The second-order valence-electron chi connectivity index (χ2n) is 16.2. The van der Waals surface area contributed by atoms with Gasteiger partial charge in [-0.3, -0.25) is 28.7 Å². The molecule has 2 N–H and O–H groups in total. The molecule has 0 aliphatic carbocycles. The number of esters is 2. The number of ether oxygens (including phenoxy) is 3. The number of thioether (sulfide) groups is 1. The van der Waals surface area contributed by atoms with Crippen LogP contribution in [0.3, 0.4) is 0 Å². The fraction of sp³-hybridized carbons (Fsp3) is 0.605. The molecule has 1 aliphatic heterocycles. The quantitative estimate of drug-likeness (QED) is 0.125. The van der Waals surface area contributed by atoms with Crippen LogP contribution in [-0.2, 0) is 53.7 Å². The summed E-state index contributed by atoms with van der Waals surface area (Å²) in [4.78, 5) is 67.9. The molecule has 0 bridgehead atoms. The van der Waals surface area contributed by atoms with Crippen LogP contribution in [0.2, 0.25) is 0 Å². The van der Waals surface area contributed by atoms with Crippen LogP contribution in [0, 0.1) is 10.8 Å². The third kappa shape index (κ3) is 13.7. The van der Waals surface area contributed by atoms with Crippen molar-refractivity contribution in [2.75, 3.05) is 24.8 Å². The van der Waals surface area contributed by atoms with E-state index in [2.05, 4.69) is 10.6 Å². The Morgan fingerprint density at radius 1 is 0.906 bits per heavy atom. The van der Waals surface area contributed by atoms with Crippen LogP contribution >= 0.6 is 20.4 Å². The first-order valence-electron chi connectivity index (χ1n) is 17.7. The van der Waals surface area contributed by atoms with Gasteiger partial charge in [0, 0.05) is 18.5 Å². The van der Waals surface area contributed by atoms with Crippen LogP contribution in [0.15, 0.2) is 42.5 Å². The minimum Gasteiger partial charge on any atom is -0.438 e. The lowest BCUT2D eigenvalue weighted by Gasteiger charge is -2.36. The molecule has 3 atom stereocenters. The first-order valence-corrected chi connectivity index (χ1v) is 19.6. The van der Waals surface area contributed by atoms with E-state index in [0.717, 1.165) is 28.1 Å². The Kier molecular flexibility index (Phi) is 15.4. The average Bonchev–Trinajstić information content (AvgIpc) is 3.06. The molecule has 2 aromatic carbocycles. The lowest BCUT2D eigenvalue weighted by molar-refractivity contribution is -0.332.